The number of carbonyl (C=O) groups is 2. The molecule has 3 amide bonds. The third kappa shape index (κ3) is 9.67. The number of amides is 3. The second-order valence-electron chi connectivity index (χ2n) is 12.8. The SMILES string of the molecule is COc1ccc(NC(=O)N(C)C[C@@H]2OCCCC[C@H](C)Oc3ccc(NS(=O)(=O)c4c(C)noc4C)cc3C(=O)N([C@@H](C)CO)C[C@H]2C)cc1. The van der Waals surface area contributed by atoms with E-state index in [0.717, 1.165) is 12.8 Å². The van der Waals surface area contributed by atoms with E-state index < -0.39 is 28.1 Å². The number of aromatic nitrogens is 1. The van der Waals surface area contributed by atoms with Gasteiger partial charge in [0, 0.05) is 44.0 Å². The fourth-order valence-corrected chi connectivity index (χ4v) is 7.14. The van der Waals surface area contributed by atoms with Gasteiger partial charge in [0.05, 0.1) is 37.5 Å². The van der Waals surface area contributed by atoms with Crippen LogP contribution in [0.1, 0.15) is 61.8 Å². The molecule has 2 aromatic carbocycles. The Morgan fingerprint density at radius 1 is 1.14 bits per heavy atom. The zero-order valence-corrected chi connectivity index (χ0v) is 30.6. The number of anilines is 2. The minimum atomic E-state index is -4.10. The van der Waals surface area contributed by atoms with E-state index in [2.05, 4.69) is 15.2 Å². The van der Waals surface area contributed by atoms with Crippen molar-refractivity contribution >= 4 is 33.3 Å². The molecule has 1 aliphatic rings. The predicted octanol–water partition coefficient (Wildman–Crippen LogP) is 5.06. The molecule has 4 rings (SSSR count). The number of benzene rings is 2. The standard InChI is InChI=1S/C35H49N5O9S/c1-22-19-40(23(2)21-41)34(42)30-18-28(38-50(44,45)33-25(4)37-49-26(33)5)13-16-31(30)48-24(3)10-8-9-17-47-32(22)20-39(6)35(43)36-27-11-14-29(46-7)15-12-27/h11-16,18,22-24,32,38,41H,8-10,17,19-21H2,1-7H3,(H,36,43)/t22-,23+,24+,32+/m1/s1. The van der Waals surface area contributed by atoms with Crippen LogP contribution in [0.25, 0.3) is 0 Å². The molecule has 0 aliphatic carbocycles. The van der Waals surface area contributed by atoms with Crippen molar-refractivity contribution < 1.29 is 41.8 Å². The minimum Gasteiger partial charge on any atom is -0.497 e. The second-order valence-corrected chi connectivity index (χ2v) is 14.4. The quantitative estimate of drug-likeness (QED) is 0.272. The van der Waals surface area contributed by atoms with Crippen molar-refractivity contribution in [3.8, 4) is 11.5 Å². The molecule has 0 radical (unpaired) electrons. The van der Waals surface area contributed by atoms with E-state index in [-0.39, 0.29) is 65.3 Å². The van der Waals surface area contributed by atoms with Crippen LogP contribution in [-0.2, 0) is 14.8 Å². The average molecular weight is 716 g/mol. The summed E-state index contributed by atoms with van der Waals surface area (Å²) in [5, 5.41) is 16.9. The van der Waals surface area contributed by atoms with Crippen molar-refractivity contribution in [1.82, 2.24) is 15.0 Å². The fourth-order valence-electron chi connectivity index (χ4n) is 5.76. The largest absolute Gasteiger partial charge is 0.497 e. The Labute approximate surface area is 294 Å². The van der Waals surface area contributed by atoms with Crippen LogP contribution in [0.4, 0.5) is 16.2 Å². The topological polar surface area (TPSA) is 173 Å². The maximum Gasteiger partial charge on any atom is 0.321 e. The lowest BCUT2D eigenvalue weighted by Gasteiger charge is -2.35. The average Bonchev–Trinajstić information content (AvgIpc) is 3.44. The Balaban J connectivity index is 1.62. The lowest BCUT2D eigenvalue weighted by Crippen LogP contribution is -2.48. The predicted molar refractivity (Wildman–Crippen MR) is 188 cm³/mol. The van der Waals surface area contributed by atoms with Gasteiger partial charge in [-0.2, -0.15) is 0 Å². The molecule has 15 heteroatoms. The number of ether oxygens (including phenoxy) is 3. The van der Waals surface area contributed by atoms with Crippen LogP contribution >= 0.6 is 0 Å². The van der Waals surface area contributed by atoms with Gasteiger partial charge < -0.3 is 39.0 Å². The van der Waals surface area contributed by atoms with Crippen LogP contribution in [0.3, 0.4) is 0 Å². The molecule has 3 aromatic rings. The summed E-state index contributed by atoms with van der Waals surface area (Å²) in [7, 11) is -0.846. The van der Waals surface area contributed by atoms with Crippen molar-refractivity contribution in [1.29, 1.82) is 0 Å². The molecule has 0 saturated carbocycles. The van der Waals surface area contributed by atoms with Gasteiger partial charge in [-0.1, -0.05) is 12.1 Å². The number of fused-ring (bicyclic) bond motifs is 1. The van der Waals surface area contributed by atoms with Crippen LogP contribution in [0.5, 0.6) is 11.5 Å². The maximum absolute atomic E-state index is 14.4. The van der Waals surface area contributed by atoms with E-state index in [1.807, 2.05) is 13.8 Å². The number of aliphatic hydroxyl groups is 1. The molecule has 0 fully saturated rings. The van der Waals surface area contributed by atoms with Crippen molar-refractivity contribution in [2.24, 2.45) is 5.92 Å². The molecular formula is C35H49N5O9S. The van der Waals surface area contributed by atoms with Gasteiger partial charge in [0.1, 0.15) is 17.2 Å². The van der Waals surface area contributed by atoms with Gasteiger partial charge in [-0.25, -0.2) is 13.2 Å². The smallest absolute Gasteiger partial charge is 0.321 e. The molecule has 50 heavy (non-hydrogen) atoms. The number of carbonyl (C=O) groups excluding carboxylic acids is 2. The van der Waals surface area contributed by atoms with Gasteiger partial charge in [-0.05, 0) is 89.4 Å². The highest BCUT2D eigenvalue weighted by molar-refractivity contribution is 7.92. The number of sulfonamides is 1. The zero-order valence-electron chi connectivity index (χ0n) is 29.8. The summed E-state index contributed by atoms with van der Waals surface area (Å²) in [4.78, 5) is 30.6. The number of nitrogens with one attached hydrogen (secondary N) is 2. The van der Waals surface area contributed by atoms with E-state index in [1.54, 1.807) is 56.3 Å². The summed E-state index contributed by atoms with van der Waals surface area (Å²) >= 11 is 0. The van der Waals surface area contributed by atoms with Crippen LogP contribution in [0, 0.1) is 19.8 Å². The maximum atomic E-state index is 14.4. The molecule has 3 N–H and O–H groups in total. The van der Waals surface area contributed by atoms with E-state index in [1.165, 1.54) is 30.9 Å². The number of nitrogens with zero attached hydrogens (tertiary/aromatic N) is 3. The van der Waals surface area contributed by atoms with Crippen LogP contribution in [0.2, 0.25) is 0 Å². The fraction of sp³-hybridized carbons (Fsp3) is 0.514. The zero-order chi connectivity index (χ0) is 36.6. The first-order valence-electron chi connectivity index (χ1n) is 16.7. The first kappa shape index (κ1) is 38.5. The highest BCUT2D eigenvalue weighted by Gasteiger charge is 2.32. The van der Waals surface area contributed by atoms with Gasteiger partial charge >= 0.3 is 6.03 Å². The summed E-state index contributed by atoms with van der Waals surface area (Å²) in [5.41, 5.74) is 1.09. The Morgan fingerprint density at radius 2 is 1.84 bits per heavy atom. The molecule has 4 atom stereocenters. The van der Waals surface area contributed by atoms with Crippen molar-refractivity contribution in [3.05, 3.63) is 59.5 Å². The van der Waals surface area contributed by atoms with Gasteiger partial charge in [0.2, 0.25) is 0 Å². The van der Waals surface area contributed by atoms with Crippen LogP contribution in [-0.4, -0.2) is 99.1 Å². The van der Waals surface area contributed by atoms with E-state index >= 15 is 0 Å². The normalized spacial score (nSPS) is 19.8. The summed E-state index contributed by atoms with van der Waals surface area (Å²) < 4.78 is 52.1. The summed E-state index contributed by atoms with van der Waals surface area (Å²) in [6.07, 6.45) is 1.51. The summed E-state index contributed by atoms with van der Waals surface area (Å²) in [6, 6.07) is 10.6. The number of likely N-dealkylation sites (N-methyl/N-ethyl adjacent to an activating group) is 1. The number of aliphatic hydroxyl groups excluding tert-OH is 1. The third-order valence-electron chi connectivity index (χ3n) is 8.68. The Hall–Kier alpha value is -4.34. The first-order valence-corrected chi connectivity index (χ1v) is 18.2. The third-order valence-corrected chi connectivity index (χ3v) is 10.3. The molecule has 274 valence electrons. The number of hydrogen-bond acceptors (Lipinski definition) is 10. The van der Waals surface area contributed by atoms with Crippen LogP contribution in [0.15, 0.2) is 51.9 Å². The highest BCUT2D eigenvalue weighted by atomic mass is 32.2. The monoisotopic (exact) mass is 715 g/mol. The number of methoxy groups -OCH3 is 1. The molecule has 0 saturated heterocycles. The van der Waals surface area contributed by atoms with Crippen molar-refractivity contribution in [2.75, 3.05) is 50.5 Å². The Kier molecular flexibility index (Phi) is 13.1. The van der Waals surface area contributed by atoms with Gasteiger partial charge in [-0.15, -0.1) is 0 Å². The molecule has 0 spiro atoms. The summed E-state index contributed by atoms with van der Waals surface area (Å²) in [5.74, 6) is 0.370. The molecular weight excluding hydrogens is 666 g/mol. The number of rotatable bonds is 9. The molecule has 2 heterocycles. The second kappa shape index (κ2) is 17.1. The van der Waals surface area contributed by atoms with E-state index in [0.29, 0.717) is 30.2 Å². The number of urea groups is 1. The molecule has 0 bridgehead atoms. The summed E-state index contributed by atoms with van der Waals surface area (Å²) in [6.45, 7) is 9.15. The Morgan fingerprint density at radius 3 is 2.48 bits per heavy atom. The lowest BCUT2D eigenvalue weighted by atomic mass is 10.0. The molecule has 0 unspecified atom stereocenters. The lowest BCUT2D eigenvalue weighted by molar-refractivity contribution is -0.0115. The van der Waals surface area contributed by atoms with E-state index in [4.69, 9.17) is 18.7 Å². The molecule has 1 aromatic heterocycles. The van der Waals surface area contributed by atoms with Crippen molar-refractivity contribution in [2.45, 2.75) is 77.0 Å². The highest BCUT2D eigenvalue weighted by Crippen LogP contribution is 2.30. The van der Waals surface area contributed by atoms with Gasteiger partial charge in [0.25, 0.3) is 15.9 Å². The van der Waals surface area contributed by atoms with Crippen molar-refractivity contribution in [3.63, 3.8) is 0 Å². The van der Waals surface area contributed by atoms with Gasteiger partial charge in [-0.3, -0.25) is 9.52 Å². The molecule has 14 nitrogen and oxygen atoms in total. The number of hydrogen-bond donors (Lipinski definition) is 3. The van der Waals surface area contributed by atoms with Gasteiger partial charge in [0.15, 0.2) is 10.7 Å². The van der Waals surface area contributed by atoms with Crippen LogP contribution < -0.4 is 19.5 Å². The van der Waals surface area contributed by atoms with E-state index in [9.17, 15) is 23.1 Å². The molecule has 1 aliphatic heterocycles. The minimum absolute atomic E-state index is 0.0770. The first-order chi connectivity index (χ1) is 23.7. The Bertz CT molecular complexity index is 1690. The number of aryl methyl sites for hydroxylation is 2.